The van der Waals surface area contributed by atoms with Gasteiger partial charge in [0.1, 0.15) is 0 Å². The molecule has 2 fully saturated rings. The highest BCUT2D eigenvalue weighted by Gasteiger charge is 2.33. The van der Waals surface area contributed by atoms with Crippen LogP contribution in [0.2, 0.25) is 0 Å². The summed E-state index contributed by atoms with van der Waals surface area (Å²) in [5, 5.41) is 3.33. The number of nitrogens with zero attached hydrogens (tertiary/aromatic N) is 1. The minimum atomic E-state index is -3.04. The summed E-state index contributed by atoms with van der Waals surface area (Å²) in [6.07, 6.45) is 5.22. The molecule has 0 aromatic heterocycles. The van der Waals surface area contributed by atoms with Crippen molar-refractivity contribution >= 4 is 10.0 Å². The molecule has 0 amide bonds. The zero-order chi connectivity index (χ0) is 13.9. The van der Waals surface area contributed by atoms with Gasteiger partial charge < -0.3 is 5.32 Å². The molecule has 0 unspecified atom stereocenters. The first-order chi connectivity index (χ1) is 8.89. The molecule has 0 atom stereocenters. The van der Waals surface area contributed by atoms with Gasteiger partial charge in [0.05, 0.1) is 5.75 Å². The van der Waals surface area contributed by atoms with E-state index in [4.69, 9.17) is 0 Å². The average Bonchev–Trinajstić information content (AvgIpc) is 2.37. The summed E-state index contributed by atoms with van der Waals surface area (Å²) in [5.74, 6) is 0.933. The smallest absolute Gasteiger partial charge is 0.214 e. The third-order valence-corrected chi connectivity index (χ3v) is 6.35. The lowest BCUT2D eigenvalue weighted by Gasteiger charge is -2.37. The standard InChI is InChI=1S/C14H28N2O2S/c1-14(2)7-3-10-16(12-14)19(17,18)11-6-13-4-8-15-9-5-13/h13,15H,3-12H2,1-2H3. The Kier molecular flexibility index (Phi) is 4.90. The number of hydrogen-bond acceptors (Lipinski definition) is 3. The molecule has 0 saturated carbocycles. The van der Waals surface area contributed by atoms with E-state index in [1.54, 1.807) is 4.31 Å². The first-order valence-electron chi connectivity index (χ1n) is 7.58. The van der Waals surface area contributed by atoms with Gasteiger partial charge in [-0.05, 0) is 56.5 Å². The van der Waals surface area contributed by atoms with Crippen LogP contribution in [0, 0.1) is 11.3 Å². The molecule has 2 aliphatic heterocycles. The van der Waals surface area contributed by atoms with Crippen LogP contribution in [-0.4, -0.2) is 44.7 Å². The SMILES string of the molecule is CC1(C)CCCN(S(=O)(=O)CCC2CCNCC2)C1. The van der Waals surface area contributed by atoms with E-state index < -0.39 is 10.0 Å². The third-order valence-electron chi connectivity index (χ3n) is 4.50. The van der Waals surface area contributed by atoms with E-state index >= 15 is 0 Å². The zero-order valence-corrected chi connectivity index (χ0v) is 13.1. The number of hydrogen-bond donors (Lipinski definition) is 1. The van der Waals surface area contributed by atoms with Gasteiger partial charge in [0, 0.05) is 13.1 Å². The molecule has 0 bridgehead atoms. The summed E-state index contributed by atoms with van der Waals surface area (Å²) in [5.41, 5.74) is 0.139. The predicted octanol–water partition coefficient (Wildman–Crippen LogP) is 1.83. The van der Waals surface area contributed by atoms with E-state index in [1.807, 2.05) is 0 Å². The van der Waals surface area contributed by atoms with Gasteiger partial charge in [0.25, 0.3) is 0 Å². The Morgan fingerprint density at radius 1 is 1.26 bits per heavy atom. The van der Waals surface area contributed by atoms with Crippen LogP contribution in [0.15, 0.2) is 0 Å². The molecule has 2 aliphatic rings. The lowest BCUT2D eigenvalue weighted by Crippen LogP contribution is -2.44. The number of rotatable bonds is 4. The maximum Gasteiger partial charge on any atom is 0.214 e. The minimum Gasteiger partial charge on any atom is -0.317 e. The molecular formula is C14H28N2O2S. The van der Waals surface area contributed by atoms with E-state index in [0.29, 0.717) is 18.2 Å². The second kappa shape index (κ2) is 6.10. The number of piperidine rings is 2. The molecule has 0 aromatic carbocycles. The van der Waals surface area contributed by atoms with Crippen molar-refractivity contribution in [3.63, 3.8) is 0 Å². The molecule has 2 rings (SSSR count). The molecular weight excluding hydrogens is 260 g/mol. The van der Waals surface area contributed by atoms with Crippen LogP contribution in [0.3, 0.4) is 0 Å². The van der Waals surface area contributed by atoms with E-state index in [9.17, 15) is 8.42 Å². The number of sulfonamides is 1. The van der Waals surface area contributed by atoms with Crippen molar-refractivity contribution in [2.75, 3.05) is 31.9 Å². The van der Waals surface area contributed by atoms with Crippen LogP contribution < -0.4 is 5.32 Å². The van der Waals surface area contributed by atoms with E-state index in [-0.39, 0.29) is 5.41 Å². The minimum absolute atomic E-state index is 0.139. The fourth-order valence-corrected chi connectivity index (χ4v) is 5.06. The molecule has 4 nitrogen and oxygen atoms in total. The van der Waals surface area contributed by atoms with E-state index in [2.05, 4.69) is 19.2 Å². The molecule has 1 N–H and O–H groups in total. The average molecular weight is 288 g/mol. The Balaban J connectivity index is 1.87. The van der Waals surface area contributed by atoms with Gasteiger partial charge in [0.2, 0.25) is 10.0 Å². The van der Waals surface area contributed by atoms with Crippen LogP contribution in [0.1, 0.15) is 46.0 Å². The molecule has 19 heavy (non-hydrogen) atoms. The maximum absolute atomic E-state index is 12.4. The highest BCUT2D eigenvalue weighted by Crippen LogP contribution is 2.30. The summed E-state index contributed by atoms with van der Waals surface area (Å²) in [7, 11) is -3.04. The van der Waals surface area contributed by atoms with Gasteiger partial charge in [0.15, 0.2) is 0 Å². The van der Waals surface area contributed by atoms with Crippen molar-refractivity contribution in [2.24, 2.45) is 11.3 Å². The van der Waals surface area contributed by atoms with Crippen molar-refractivity contribution in [3.05, 3.63) is 0 Å². The normalized spacial score (nSPS) is 26.4. The van der Waals surface area contributed by atoms with Gasteiger partial charge >= 0.3 is 0 Å². The summed E-state index contributed by atoms with van der Waals surface area (Å²) < 4.78 is 26.6. The molecule has 2 heterocycles. The highest BCUT2D eigenvalue weighted by atomic mass is 32.2. The fourth-order valence-electron chi connectivity index (χ4n) is 3.22. The van der Waals surface area contributed by atoms with Crippen LogP contribution >= 0.6 is 0 Å². The van der Waals surface area contributed by atoms with Crippen LogP contribution in [0.25, 0.3) is 0 Å². The summed E-state index contributed by atoms with van der Waals surface area (Å²) >= 11 is 0. The van der Waals surface area contributed by atoms with Crippen molar-refractivity contribution in [1.29, 1.82) is 0 Å². The van der Waals surface area contributed by atoms with E-state index in [0.717, 1.165) is 51.7 Å². The Bertz CT molecular complexity index is 386. The molecule has 0 aromatic rings. The van der Waals surface area contributed by atoms with Gasteiger partial charge in [-0.15, -0.1) is 0 Å². The lowest BCUT2D eigenvalue weighted by atomic mass is 9.85. The monoisotopic (exact) mass is 288 g/mol. The van der Waals surface area contributed by atoms with Crippen molar-refractivity contribution in [1.82, 2.24) is 9.62 Å². The Morgan fingerprint density at radius 2 is 1.95 bits per heavy atom. The zero-order valence-electron chi connectivity index (χ0n) is 12.3. The van der Waals surface area contributed by atoms with Gasteiger partial charge in [-0.2, -0.15) is 0 Å². The van der Waals surface area contributed by atoms with Gasteiger partial charge in [-0.25, -0.2) is 12.7 Å². The Morgan fingerprint density at radius 3 is 2.58 bits per heavy atom. The van der Waals surface area contributed by atoms with Crippen LogP contribution in [-0.2, 0) is 10.0 Å². The molecule has 0 spiro atoms. The summed E-state index contributed by atoms with van der Waals surface area (Å²) in [6, 6.07) is 0. The van der Waals surface area contributed by atoms with Crippen molar-refractivity contribution in [3.8, 4) is 0 Å². The first kappa shape index (κ1) is 15.3. The fraction of sp³-hybridized carbons (Fsp3) is 1.00. The van der Waals surface area contributed by atoms with Crippen molar-refractivity contribution in [2.45, 2.75) is 46.0 Å². The lowest BCUT2D eigenvalue weighted by molar-refractivity contribution is 0.186. The summed E-state index contributed by atoms with van der Waals surface area (Å²) in [4.78, 5) is 0. The Hall–Kier alpha value is -0.130. The van der Waals surface area contributed by atoms with Gasteiger partial charge in [-0.3, -0.25) is 0 Å². The molecule has 0 radical (unpaired) electrons. The van der Waals surface area contributed by atoms with E-state index in [1.165, 1.54) is 0 Å². The van der Waals surface area contributed by atoms with Crippen LogP contribution in [0.5, 0.6) is 0 Å². The van der Waals surface area contributed by atoms with Crippen LogP contribution in [0.4, 0.5) is 0 Å². The van der Waals surface area contributed by atoms with Gasteiger partial charge in [-0.1, -0.05) is 13.8 Å². The maximum atomic E-state index is 12.4. The highest BCUT2D eigenvalue weighted by molar-refractivity contribution is 7.89. The summed E-state index contributed by atoms with van der Waals surface area (Å²) in [6.45, 7) is 7.84. The topological polar surface area (TPSA) is 49.4 Å². The van der Waals surface area contributed by atoms with Crippen molar-refractivity contribution < 1.29 is 8.42 Å². The third kappa shape index (κ3) is 4.43. The molecule has 2 saturated heterocycles. The second-order valence-corrected chi connectivity index (χ2v) is 8.99. The number of nitrogens with one attached hydrogen (secondary N) is 1. The molecule has 112 valence electrons. The molecule has 5 heteroatoms. The predicted molar refractivity (Wildman–Crippen MR) is 78.6 cm³/mol. The molecule has 0 aliphatic carbocycles. The first-order valence-corrected chi connectivity index (χ1v) is 9.19. The largest absolute Gasteiger partial charge is 0.317 e. The Labute approximate surface area is 118 Å². The second-order valence-electron chi connectivity index (χ2n) is 6.90. The quantitative estimate of drug-likeness (QED) is 0.858.